The van der Waals surface area contributed by atoms with E-state index in [1.54, 1.807) is 0 Å². The molecule has 1 aromatic rings. The van der Waals surface area contributed by atoms with Crippen molar-refractivity contribution in [3.05, 3.63) is 28.8 Å². The molecule has 1 nitrogen and oxygen atoms in total. The molecule has 0 amide bonds. The minimum absolute atomic E-state index is 0.0356. The van der Waals surface area contributed by atoms with Gasteiger partial charge in [0.15, 0.2) is 0 Å². The van der Waals surface area contributed by atoms with Crippen molar-refractivity contribution in [3.8, 4) is 5.75 Å². The molecular formula is C8H5Cl2F3O. The fourth-order valence-electron chi connectivity index (χ4n) is 0.851. The van der Waals surface area contributed by atoms with Crippen LogP contribution in [0.1, 0.15) is 5.56 Å². The molecule has 0 aliphatic rings. The molecule has 6 heteroatoms. The Kier molecular flexibility index (Phi) is 3.50. The molecule has 14 heavy (non-hydrogen) atoms. The topological polar surface area (TPSA) is 9.23 Å². The van der Waals surface area contributed by atoms with Crippen LogP contribution >= 0.6 is 23.2 Å². The summed E-state index contributed by atoms with van der Waals surface area (Å²) in [5.41, 5.74) is 0.398. The zero-order chi connectivity index (χ0) is 10.8. The third-order valence-corrected chi connectivity index (χ3v) is 2.05. The third kappa shape index (κ3) is 3.27. The van der Waals surface area contributed by atoms with Crippen molar-refractivity contribution in [3.63, 3.8) is 0 Å². The molecule has 78 valence electrons. The second-order valence-electron chi connectivity index (χ2n) is 2.43. The van der Waals surface area contributed by atoms with Gasteiger partial charge in [-0.05, 0) is 23.8 Å². The summed E-state index contributed by atoms with van der Waals surface area (Å²) in [5.74, 6) is -0.286. The van der Waals surface area contributed by atoms with Gasteiger partial charge in [0.25, 0.3) is 0 Å². The number of alkyl halides is 4. The number of benzene rings is 1. The predicted octanol–water partition coefficient (Wildman–Crippen LogP) is 3.98. The lowest BCUT2D eigenvalue weighted by Crippen LogP contribution is -2.17. The summed E-state index contributed by atoms with van der Waals surface area (Å²) < 4.78 is 39.0. The van der Waals surface area contributed by atoms with Gasteiger partial charge in [-0.1, -0.05) is 11.6 Å². The molecule has 0 N–H and O–H groups in total. The molecule has 0 heterocycles. The van der Waals surface area contributed by atoms with E-state index >= 15 is 0 Å². The molecule has 0 aliphatic carbocycles. The van der Waals surface area contributed by atoms with E-state index in [-0.39, 0.29) is 11.6 Å². The first kappa shape index (κ1) is 11.5. The van der Waals surface area contributed by atoms with Gasteiger partial charge >= 0.3 is 6.36 Å². The second kappa shape index (κ2) is 4.28. The van der Waals surface area contributed by atoms with Crippen LogP contribution in [-0.2, 0) is 5.88 Å². The van der Waals surface area contributed by atoms with E-state index in [0.29, 0.717) is 10.6 Å². The molecular weight excluding hydrogens is 240 g/mol. The van der Waals surface area contributed by atoms with E-state index in [9.17, 15) is 13.2 Å². The Bertz CT molecular complexity index is 325. The third-order valence-electron chi connectivity index (χ3n) is 1.39. The van der Waals surface area contributed by atoms with Crippen molar-refractivity contribution in [1.29, 1.82) is 0 Å². The van der Waals surface area contributed by atoms with E-state index in [1.807, 2.05) is 0 Å². The lowest BCUT2D eigenvalue weighted by Gasteiger charge is -2.09. The number of halogens is 5. The standard InChI is InChI=1S/C8H5Cl2F3O/c9-4-5-3-6(1-2-7(5)10)14-8(11,12)13/h1-3H,4H2. The van der Waals surface area contributed by atoms with Gasteiger partial charge in [0.1, 0.15) is 5.75 Å². The van der Waals surface area contributed by atoms with Crippen molar-refractivity contribution in [2.24, 2.45) is 0 Å². The molecule has 1 aromatic carbocycles. The number of hydrogen-bond acceptors (Lipinski definition) is 1. The van der Waals surface area contributed by atoms with Crippen molar-refractivity contribution < 1.29 is 17.9 Å². The summed E-state index contributed by atoms with van der Waals surface area (Å²) >= 11 is 11.1. The summed E-state index contributed by atoms with van der Waals surface area (Å²) in [6, 6.07) is 3.59. The maximum atomic E-state index is 11.8. The van der Waals surface area contributed by atoms with E-state index < -0.39 is 6.36 Å². The first-order valence-electron chi connectivity index (χ1n) is 3.52. The quantitative estimate of drug-likeness (QED) is 0.716. The number of hydrogen-bond donors (Lipinski definition) is 0. The van der Waals surface area contributed by atoms with Crippen LogP contribution in [0.4, 0.5) is 13.2 Å². The van der Waals surface area contributed by atoms with Crippen LogP contribution in [0.2, 0.25) is 5.02 Å². The summed E-state index contributed by atoms with van der Waals surface area (Å²) in [6.45, 7) is 0. The number of rotatable bonds is 2. The van der Waals surface area contributed by atoms with Crippen LogP contribution in [0, 0.1) is 0 Å². The van der Waals surface area contributed by atoms with E-state index in [2.05, 4.69) is 4.74 Å². The lowest BCUT2D eigenvalue weighted by molar-refractivity contribution is -0.274. The molecule has 0 fully saturated rings. The maximum Gasteiger partial charge on any atom is 0.573 e. The zero-order valence-corrected chi connectivity index (χ0v) is 8.25. The molecule has 0 unspecified atom stereocenters. The van der Waals surface area contributed by atoms with Crippen molar-refractivity contribution in [1.82, 2.24) is 0 Å². The predicted molar refractivity (Wildman–Crippen MR) is 47.7 cm³/mol. The van der Waals surface area contributed by atoms with Gasteiger partial charge < -0.3 is 4.74 Å². The van der Waals surface area contributed by atoms with Gasteiger partial charge in [-0.15, -0.1) is 24.8 Å². The van der Waals surface area contributed by atoms with Gasteiger partial charge in [-0.2, -0.15) is 0 Å². The van der Waals surface area contributed by atoms with Gasteiger partial charge in [-0.25, -0.2) is 0 Å². The maximum absolute atomic E-state index is 11.8. The Balaban J connectivity index is 2.90. The van der Waals surface area contributed by atoms with Gasteiger partial charge in [0, 0.05) is 10.9 Å². The lowest BCUT2D eigenvalue weighted by atomic mass is 10.2. The van der Waals surface area contributed by atoms with Crippen LogP contribution in [0.5, 0.6) is 5.75 Å². The fourth-order valence-corrected chi connectivity index (χ4v) is 1.32. The minimum atomic E-state index is -4.70. The van der Waals surface area contributed by atoms with E-state index in [1.165, 1.54) is 6.07 Å². The second-order valence-corrected chi connectivity index (χ2v) is 3.11. The first-order chi connectivity index (χ1) is 6.42. The fraction of sp³-hybridized carbons (Fsp3) is 0.250. The van der Waals surface area contributed by atoms with Gasteiger partial charge in [0.05, 0.1) is 0 Å². The smallest absolute Gasteiger partial charge is 0.406 e. The Morgan fingerprint density at radius 3 is 2.43 bits per heavy atom. The molecule has 0 spiro atoms. The largest absolute Gasteiger partial charge is 0.573 e. The molecule has 0 aliphatic heterocycles. The van der Waals surface area contributed by atoms with Gasteiger partial charge in [0.2, 0.25) is 0 Å². The van der Waals surface area contributed by atoms with Crippen LogP contribution < -0.4 is 4.74 Å². The summed E-state index contributed by atoms with van der Waals surface area (Å²) in [6.07, 6.45) is -4.70. The number of ether oxygens (including phenoxy) is 1. The van der Waals surface area contributed by atoms with Crippen molar-refractivity contribution in [2.45, 2.75) is 12.2 Å². The van der Waals surface area contributed by atoms with Gasteiger partial charge in [-0.3, -0.25) is 0 Å². The summed E-state index contributed by atoms with van der Waals surface area (Å²) in [7, 11) is 0. The van der Waals surface area contributed by atoms with Crippen molar-refractivity contribution in [2.75, 3.05) is 0 Å². The molecule has 0 atom stereocenters. The average Bonchev–Trinajstić information content (AvgIpc) is 2.06. The van der Waals surface area contributed by atoms with Crippen LogP contribution in [0.3, 0.4) is 0 Å². The molecule has 0 aromatic heterocycles. The molecule has 0 saturated carbocycles. The molecule has 0 radical (unpaired) electrons. The molecule has 0 saturated heterocycles. The highest BCUT2D eigenvalue weighted by atomic mass is 35.5. The summed E-state index contributed by atoms with van der Waals surface area (Å²) in [4.78, 5) is 0. The normalized spacial score (nSPS) is 11.5. The highest BCUT2D eigenvalue weighted by Crippen LogP contribution is 2.27. The van der Waals surface area contributed by atoms with Crippen molar-refractivity contribution >= 4 is 23.2 Å². The van der Waals surface area contributed by atoms with E-state index in [4.69, 9.17) is 23.2 Å². The minimum Gasteiger partial charge on any atom is -0.406 e. The molecule has 1 rings (SSSR count). The van der Waals surface area contributed by atoms with Crippen LogP contribution in [0.15, 0.2) is 18.2 Å². The Morgan fingerprint density at radius 2 is 1.93 bits per heavy atom. The highest BCUT2D eigenvalue weighted by Gasteiger charge is 2.31. The SMILES string of the molecule is FC(F)(F)Oc1ccc(Cl)c(CCl)c1. The highest BCUT2D eigenvalue weighted by molar-refractivity contribution is 6.32. The Hall–Kier alpha value is -0.610. The zero-order valence-electron chi connectivity index (χ0n) is 6.74. The summed E-state index contributed by atoms with van der Waals surface area (Å²) in [5, 5.41) is 0.314. The van der Waals surface area contributed by atoms with Crippen LogP contribution in [0.25, 0.3) is 0 Å². The Morgan fingerprint density at radius 1 is 1.29 bits per heavy atom. The van der Waals surface area contributed by atoms with Crippen LogP contribution in [-0.4, -0.2) is 6.36 Å². The first-order valence-corrected chi connectivity index (χ1v) is 4.44. The Labute approximate surface area is 88.4 Å². The monoisotopic (exact) mass is 244 g/mol. The van der Waals surface area contributed by atoms with E-state index in [0.717, 1.165) is 12.1 Å². The average molecular weight is 245 g/mol. The molecule has 0 bridgehead atoms.